The highest BCUT2D eigenvalue weighted by Crippen LogP contribution is 2.29. The Hall–Kier alpha value is -6.73. The molecule has 0 aliphatic rings. The van der Waals surface area contributed by atoms with Gasteiger partial charge in [0.25, 0.3) is 0 Å². The Labute approximate surface area is 425 Å². The van der Waals surface area contributed by atoms with E-state index in [2.05, 4.69) is 49.6 Å². The van der Waals surface area contributed by atoms with Gasteiger partial charge in [-0.15, -0.1) is 0 Å². The van der Waals surface area contributed by atoms with E-state index in [1.165, 1.54) is 52.6 Å². The molecular formula is C58H79FN2O9S. The minimum Gasteiger partial charge on any atom is -0.496 e. The van der Waals surface area contributed by atoms with Gasteiger partial charge < -0.3 is 33.1 Å². The molecule has 1 N–H and O–H groups in total. The first-order valence-electron chi connectivity index (χ1n) is 23.2. The maximum Gasteiger partial charge on any atom is 0.311 e. The molecule has 6 rings (SSSR count). The number of halogens is 1. The van der Waals surface area contributed by atoms with Crippen molar-refractivity contribution in [1.82, 2.24) is 0 Å². The molecular weight excluding hydrogens is 920 g/mol. The van der Waals surface area contributed by atoms with Crippen LogP contribution in [0.5, 0.6) is 34.5 Å². The van der Waals surface area contributed by atoms with Crippen LogP contribution in [0, 0.1) is 71.3 Å². The predicted octanol–water partition coefficient (Wildman–Crippen LogP) is 14.7. The van der Waals surface area contributed by atoms with E-state index in [4.69, 9.17) is 28.4 Å². The summed E-state index contributed by atoms with van der Waals surface area (Å²) >= 11 is 0. The molecule has 13 heteroatoms. The number of hydrogen-bond donors (Lipinski definition) is 1. The van der Waals surface area contributed by atoms with Gasteiger partial charge in [-0.3, -0.25) is 10.1 Å². The number of benzene rings is 6. The van der Waals surface area contributed by atoms with Crippen molar-refractivity contribution in [1.29, 1.82) is 0 Å². The molecule has 1 unspecified atom stereocenters. The molecule has 0 spiro atoms. The van der Waals surface area contributed by atoms with Crippen molar-refractivity contribution in [3.63, 3.8) is 0 Å². The van der Waals surface area contributed by atoms with E-state index in [9.17, 15) is 18.7 Å². The van der Waals surface area contributed by atoms with Gasteiger partial charge in [-0.2, -0.15) is 0 Å². The van der Waals surface area contributed by atoms with Crippen molar-refractivity contribution in [2.45, 2.75) is 115 Å². The van der Waals surface area contributed by atoms with E-state index >= 15 is 0 Å². The van der Waals surface area contributed by atoms with Gasteiger partial charge in [0.15, 0.2) is 28.8 Å². The minimum absolute atomic E-state index is 0.0116. The molecule has 0 amide bonds. The summed E-state index contributed by atoms with van der Waals surface area (Å²) in [5.41, 5.74) is 9.94. The number of nitrogens with zero attached hydrogens (tertiary/aromatic N) is 1. The van der Waals surface area contributed by atoms with Crippen LogP contribution in [0.3, 0.4) is 0 Å². The lowest BCUT2D eigenvalue weighted by Crippen LogP contribution is -2.08. The Morgan fingerprint density at radius 3 is 1.25 bits per heavy atom. The Bertz CT molecular complexity index is 2590. The molecule has 0 aliphatic carbocycles. The van der Waals surface area contributed by atoms with E-state index < -0.39 is 14.6 Å². The minimum atomic E-state index is -2.14. The first-order valence-corrected chi connectivity index (χ1v) is 25.4. The van der Waals surface area contributed by atoms with Crippen molar-refractivity contribution >= 4 is 27.0 Å². The van der Waals surface area contributed by atoms with E-state index in [0.29, 0.717) is 11.5 Å². The average Bonchev–Trinajstić information content (AvgIpc) is 3.27. The summed E-state index contributed by atoms with van der Waals surface area (Å²) in [7, 11) is 2.62. The van der Waals surface area contributed by atoms with Crippen molar-refractivity contribution in [2.75, 3.05) is 32.3 Å². The summed E-state index contributed by atoms with van der Waals surface area (Å²) in [6, 6.07) is 35.8. The Morgan fingerprint density at radius 2 is 0.845 bits per heavy atom. The van der Waals surface area contributed by atoms with Crippen LogP contribution < -0.4 is 33.1 Å². The average molecular weight is 999 g/mol. The fourth-order valence-corrected chi connectivity index (χ4v) is 6.74. The summed E-state index contributed by atoms with van der Waals surface area (Å²) < 4.78 is 58.6. The Kier molecular flexibility index (Phi) is 27.6. The Morgan fingerprint density at radius 1 is 0.493 bits per heavy atom. The zero-order chi connectivity index (χ0) is 54.0. The van der Waals surface area contributed by atoms with Crippen LogP contribution in [0.2, 0.25) is 0 Å². The molecule has 0 aromatic heterocycles. The van der Waals surface area contributed by atoms with Crippen LogP contribution >= 0.6 is 0 Å². The quantitative estimate of drug-likeness (QED) is 0.0724. The maximum absolute atomic E-state index is 13.1. The van der Waals surface area contributed by atoms with Gasteiger partial charge in [0, 0.05) is 27.7 Å². The molecule has 11 nitrogen and oxygen atoms in total. The fourth-order valence-electron chi connectivity index (χ4n) is 6.11. The highest BCUT2D eigenvalue weighted by atomic mass is 32.2. The van der Waals surface area contributed by atoms with Gasteiger partial charge in [-0.1, -0.05) is 71.3 Å². The molecule has 0 fully saturated rings. The van der Waals surface area contributed by atoms with Gasteiger partial charge in [-0.25, -0.2) is 8.60 Å². The van der Waals surface area contributed by atoms with Crippen LogP contribution in [0.4, 0.5) is 15.8 Å². The number of methoxy groups -OCH3 is 3. The summed E-state index contributed by atoms with van der Waals surface area (Å²) in [5, 5.41) is 10.5. The highest BCUT2D eigenvalue weighted by molar-refractivity contribution is 8.00. The fraction of sp³-hybridized carbons (Fsp3) is 0.362. The summed E-state index contributed by atoms with van der Waals surface area (Å²) in [5.74, 6) is 7.41. The summed E-state index contributed by atoms with van der Waals surface area (Å²) in [6.07, 6.45) is 2.03. The summed E-state index contributed by atoms with van der Waals surface area (Å²) in [6.45, 7) is 27.8. The third-order valence-electron chi connectivity index (χ3n) is 9.29. The van der Waals surface area contributed by atoms with Crippen molar-refractivity contribution < 1.29 is 41.9 Å². The topological polar surface area (TPSA) is 128 Å². The molecule has 71 heavy (non-hydrogen) atoms. The first-order chi connectivity index (χ1) is 33.2. The van der Waals surface area contributed by atoms with Crippen LogP contribution in [0.15, 0.2) is 115 Å². The van der Waals surface area contributed by atoms with Gasteiger partial charge in [0.1, 0.15) is 11.5 Å². The molecule has 6 aromatic rings. The zero-order valence-corrected chi connectivity index (χ0v) is 46.1. The van der Waals surface area contributed by atoms with E-state index in [1.54, 1.807) is 45.6 Å². The second kappa shape index (κ2) is 31.5. The third kappa shape index (κ3) is 26.2. The third-order valence-corrected chi connectivity index (χ3v) is 9.96. The van der Waals surface area contributed by atoms with Crippen LogP contribution in [-0.2, 0) is 9.71 Å². The van der Waals surface area contributed by atoms with E-state index in [-0.39, 0.29) is 29.8 Å². The first kappa shape index (κ1) is 62.3. The van der Waals surface area contributed by atoms with Crippen molar-refractivity contribution in [2.24, 2.45) is 0 Å². The van der Waals surface area contributed by atoms with Crippen molar-refractivity contribution in [3.8, 4) is 34.5 Å². The number of hydrogen-bond acceptors (Lipinski definition) is 9. The zero-order valence-electron chi connectivity index (χ0n) is 45.3. The van der Waals surface area contributed by atoms with Gasteiger partial charge in [-0.05, 0) is 185 Å². The molecule has 0 bridgehead atoms. The molecule has 6 aromatic carbocycles. The summed E-state index contributed by atoms with van der Waals surface area (Å²) in [4.78, 5) is 10.0. The lowest BCUT2D eigenvalue weighted by atomic mass is 10.1. The number of nitro groups is 1. The molecule has 0 saturated heterocycles. The second-order valence-corrected chi connectivity index (χ2v) is 19.9. The van der Waals surface area contributed by atoms with Crippen molar-refractivity contribution in [3.05, 3.63) is 176 Å². The number of nitrogens with one attached hydrogen (secondary N) is 1. The standard InChI is InChI=1S/C11H16O2.C11H16O.C10H13FO.C9H13NOS.C9H12O.C8H9NO3/c1-8(2)13-10-6-5-9(3)7-11(10)12-4;1-8(2)12-11-6-5-9(3)7-10(11)4;1-7(2)12-10-5-4-8(3)6-9(10)11;1-8-4-6-9(7-5-8)10-12(2,3)11;1-7-4-5-9(10-3)8(2)6-7;1-6-3-4-8(12-2)7(5-6)9(10)11/h5-8H,1-4H3;5-8H,1-4H3;4-7H,1-3H3;4-7H,2H2,1,3H3,(H,10,11);4-6H,1-3H3;3-5H,1-2H3. The van der Waals surface area contributed by atoms with Gasteiger partial charge in [0.05, 0.1) is 44.6 Å². The number of aryl methyl sites for hydroxylation is 8. The second-order valence-electron chi connectivity index (χ2n) is 17.7. The number of anilines is 1. The molecule has 388 valence electrons. The van der Waals surface area contributed by atoms with Gasteiger partial charge in [0.2, 0.25) is 0 Å². The normalized spacial score (nSPS) is 10.9. The molecule has 0 heterocycles. The number of ether oxygens (including phenoxy) is 6. The SMILES string of the molecule is C=S(C)(=O)Nc1ccc(C)cc1.COc1cc(C)ccc1OC(C)C.COc1ccc(C)cc1C.COc1ccc(C)cc1[N+](=O)[O-].Cc1ccc(OC(C)C)c(C)c1.Cc1ccc(OC(C)C)c(F)c1. The predicted molar refractivity (Wildman–Crippen MR) is 295 cm³/mol. The highest BCUT2D eigenvalue weighted by Gasteiger charge is 2.13. The lowest BCUT2D eigenvalue weighted by Gasteiger charge is -2.13. The number of nitro benzene ring substituents is 1. The largest absolute Gasteiger partial charge is 0.496 e. The monoisotopic (exact) mass is 999 g/mol. The molecule has 0 aliphatic heterocycles. The molecule has 1 atom stereocenters. The maximum atomic E-state index is 13.1. The molecule has 0 radical (unpaired) electrons. The lowest BCUT2D eigenvalue weighted by molar-refractivity contribution is -0.385. The van der Waals surface area contributed by atoms with E-state index in [1.807, 2.05) is 136 Å². The van der Waals surface area contributed by atoms with Crippen LogP contribution in [-0.4, -0.2) is 60.9 Å². The molecule has 0 saturated carbocycles. The van der Waals surface area contributed by atoms with Crippen LogP contribution in [0.25, 0.3) is 0 Å². The van der Waals surface area contributed by atoms with Crippen LogP contribution in [0.1, 0.15) is 86.1 Å². The smallest absolute Gasteiger partial charge is 0.311 e. The van der Waals surface area contributed by atoms with Gasteiger partial charge >= 0.3 is 5.69 Å². The van der Waals surface area contributed by atoms with E-state index in [0.717, 1.165) is 39.8 Å². The Balaban J connectivity index is 0.000000427. The number of rotatable bonds is 12.